The summed E-state index contributed by atoms with van der Waals surface area (Å²) in [6, 6.07) is 0. The maximum absolute atomic E-state index is 10.6. The zero-order valence-corrected chi connectivity index (χ0v) is 5.55. The van der Waals surface area contributed by atoms with Gasteiger partial charge in [0.25, 0.3) is 0 Å². The lowest BCUT2D eigenvalue weighted by Crippen LogP contribution is -2.29. The summed E-state index contributed by atoms with van der Waals surface area (Å²) in [5.74, 6) is -0.505. The maximum atomic E-state index is 10.6. The molecule has 0 unspecified atom stereocenters. The van der Waals surface area contributed by atoms with Crippen molar-refractivity contribution < 1.29 is 14.6 Å². The molecule has 3 nitrogen and oxygen atoms in total. The molecule has 52 valence electrons. The molecule has 9 heavy (non-hydrogen) atoms. The van der Waals surface area contributed by atoms with Crippen molar-refractivity contribution in [3.63, 3.8) is 0 Å². The van der Waals surface area contributed by atoms with E-state index in [-0.39, 0.29) is 6.10 Å². The fourth-order valence-corrected chi connectivity index (χ4v) is 0.994. The zero-order valence-electron chi connectivity index (χ0n) is 5.55. The second-order valence-electron chi connectivity index (χ2n) is 2.69. The Morgan fingerprint density at radius 2 is 2.44 bits per heavy atom. The fraction of sp³-hybridized carbons (Fsp3) is 0.833. The molecule has 0 aromatic carbocycles. The molecule has 1 aliphatic heterocycles. The van der Waals surface area contributed by atoms with Crippen molar-refractivity contribution in [1.29, 1.82) is 0 Å². The van der Waals surface area contributed by atoms with Crippen LogP contribution >= 0.6 is 0 Å². The van der Waals surface area contributed by atoms with Gasteiger partial charge in [0, 0.05) is 6.42 Å². The van der Waals surface area contributed by atoms with E-state index in [1.165, 1.54) is 6.92 Å². The van der Waals surface area contributed by atoms with Crippen LogP contribution in [-0.2, 0) is 9.53 Å². The molecule has 0 bridgehead atoms. The van der Waals surface area contributed by atoms with Gasteiger partial charge in [-0.15, -0.1) is 0 Å². The molecule has 1 saturated heterocycles. The van der Waals surface area contributed by atoms with Crippen LogP contribution in [0.3, 0.4) is 0 Å². The Hall–Kier alpha value is -0.570. The number of carbonyl (C=O) groups is 1. The molecule has 0 aromatic heterocycles. The van der Waals surface area contributed by atoms with E-state index in [0.717, 1.165) is 0 Å². The predicted octanol–water partition coefficient (Wildman–Crippen LogP) is 0.0728. The highest BCUT2D eigenvalue weighted by molar-refractivity contribution is 5.80. The highest BCUT2D eigenvalue weighted by Gasteiger charge is 2.41. The van der Waals surface area contributed by atoms with Crippen LogP contribution in [0, 0.1) is 0 Å². The van der Waals surface area contributed by atoms with Crippen molar-refractivity contribution in [2.75, 3.05) is 0 Å². The fourth-order valence-electron chi connectivity index (χ4n) is 0.994. The molecule has 0 amide bonds. The summed E-state index contributed by atoms with van der Waals surface area (Å²) < 4.78 is 4.69. The Balaban J connectivity index is 2.70. The molecule has 1 fully saturated rings. The summed E-state index contributed by atoms with van der Waals surface area (Å²) in [7, 11) is 0. The number of carbonyl (C=O) groups excluding carboxylic acids is 1. The standard InChI is InChI=1S/C6H10O3/c1-4-3-6(2,8)5(7)9-4/h4,8H,3H2,1-2H3/t4-,6-/m0/s1. The zero-order chi connectivity index (χ0) is 7.07. The van der Waals surface area contributed by atoms with Gasteiger partial charge in [-0.3, -0.25) is 0 Å². The summed E-state index contributed by atoms with van der Waals surface area (Å²) in [6.07, 6.45) is 0.277. The van der Waals surface area contributed by atoms with Crippen molar-refractivity contribution in [2.45, 2.75) is 32.0 Å². The normalized spacial score (nSPS) is 43.0. The van der Waals surface area contributed by atoms with Gasteiger partial charge in [0.15, 0.2) is 5.60 Å². The summed E-state index contributed by atoms with van der Waals surface area (Å²) in [5.41, 5.74) is -1.24. The van der Waals surface area contributed by atoms with Crippen molar-refractivity contribution in [2.24, 2.45) is 0 Å². The highest BCUT2D eigenvalue weighted by Crippen LogP contribution is 2.23. The molecule has 2 atom stereocenters. The molecule has 1 aliphatic rings. The lowest BCUT2D eigenvalue weighted by Gasteiger charge is -2.07. The van der Waals surface area contributed by atoms with Crippen LogP contribution in [0.4, 0.5) is 0 Å². The Bertz CT molecular complexity index is 139. The minimum absolute atomic E-state index is 0.132. The van der Waals surface area contributed by atoms with E-state index in [2.05, 4.69) is 4.74 Å². The van der Waals surface area contributed by atoms with Gasteiger partial charge >= 0.3 is 5.97 Å². The Labute approximate surface area is 53.6 Å². The Kier molecular flexibility index (Phi) is 1.24. The smallest absolute Gasteiger partial charge is 0.338 e. The minimum atomic E-state index is -1.24. The molecule has 1 N–H and O–H groups in total. The molecule has 1 heterocycles. The molecule has 0 radical (unpaired) electrons. The molecule has 3 heteroatoms. The summed E-state index contributed by atoms with van der Waals surface area (Å²) in [4.78, 5) is 10.6. The lowest BCUT2D eigenvalue weighted by atomic mass is 10.0. The number of rotatable bonds is 0. The number of esters is 1. The third-order valence-corrected chi connectivity index (χ3v) is 1.43. The first-order valence-electron chi connectivity index (χ1n) is 2.96. The molecule has 1 rings (SSSR count). The second kappa shape index (κ2) is 1.70. The summed E-state index contributed by atoms with van der Waals surface area (Å²) in [5, 5.41) is 9.16. The third kappa shape index (κ3) is 1.05. The summed E-state index contributed by atoms with van der Waals surface area (Å²) >= 11 is 0. The SMILES string of the molecule is C[C@H]1C[C@](C)(O)C(=O)O1. The molecule has 0 aliphatic carbocycles. The number of hydrogen-bond donors (Lipinski definition) is 1. The number of hydrogen-bond acceptors (Lipinski definition) is 3. The van der Waals surface area contributed by atoms with Gasteiger partial charge in [-0.2, -0.15) is 0 Å². The second-order valence-corrected chi connectivity index (χ2v) is 2.69. The van der Waals surface area contributed by atoms with E-state index < -0.39 is 11.6 Å². The lowest BCUT2D eigenvalue weighted by molar-refractivity contribution is -0.153. The van der Waals surface area contributed by atoms with Crippen LogP contribution in [0.2, 0.25) is 0 Å². The first-order chi connectivity index (χ1) is 4.02. The molecule has 0 spiro atoms. The van der Waals surface area contributed by atoms with Crippen LogP contribution < -0.4 is 0 Å². The van der Waals surface area contributed by atoms with Gasteiger partial charge in [0.1, 0.15) is 6.10 Å². The largest absolute Gasteiger partial charge is 0.460 e. The van der Waals surface area contributed by atoms with Gasteiger partial charge in [0.2, 0.25) is 0 Å². The predicted molar refractivity (Wildman–Crippen MR) is 30.8 cm³/mol. The van der Waals surface area contributed by atoms with Crippen LogP contribution in [0.1, 0.15) is 20.3 Å². The molecule has 0 saturated carbocycles. The average Bonchev–Trinajstić information content (AvgIpc) is 1.79. The number of cyclic esters (lactones) is 1. The monoisotopic (exact) mass is 130 g/mol. The first-order valence-corrected chi connectivity index (χ1v) is 2.96. The van der Waals surface area contributed by atoms with E-state index >= 15 is 0 Å². The van der Waals surface area contributed by atoms with E-state index in [0.29, 0.717) is 6.42 Å². The van der Waals surface area contributed by atoms with Crippen LogP contribution in [0.15, 0.2) is 0 Å². The minimum Gasteiger partial charge on any atom is -0.460 e. The van der Waals surface area contributed by atoms with E-state index in [1.54, 1.807) is 6.92 Å². The van der Waals surface area contributed by atoms with Crippen molar-refractivity contribution >= 4 is 5.97 Å². The van der Waals surface area contributed by atoms with E-state index in [9.17, 15) is 4.79 Å². The van der Waals surface area contributed by atoms with Gasteiger partial charge in [-0.1, -0.05) is 0 Å². The Morgan fingerprint density at radius 3 is 2.56 bits per heavy atom. The number of aliphatic hydroxyl groups is 1. The van der Waals surface area contributed by atoms with E-state index in [4.69, 9.17) is 5.11 Å². The van der Waals surface area contributed by atoms with Crippen LogP contribution in [-0.4, -0.2) is 22.8 Å². The quantitative estimate of drug-likeness (QED) is 0.472. The first kappa shape index (κ1) is 6.55. The molecular formula is C6H10O3. The van der Waals surface area contributed by atoms with Gasteiger partial charge < -0.3 is 9.84 Å². The van der Waals surface area contributed by atoms with Crippen molar-refractivity contribution in [1.82, 2.24) is 0 Å². The Morgan fingerprint density at radius 1 is 1.89 bits per heavy atom. The van der Waals surface area contributed by atoms with Gasteiger partial charge in [-0.05, 0) is 13.8 Å². The maximum Gasteiger partial charge on any atom is 0.338 e. The van der Waals surface area contributed by atoms with Crippen LogP contribution in [0.5, 0.6) is 0 Å². The summed E-state index contributed by atoms with van der Waals surface area (Å²) in [6.45, 7) is 3.23. The van der Waals surface area contributed by atoms with Gasteiger partial charge in [0.05, 0.1) is 0 Å². The van der Waals surface area contributed by atoms with Crippen molar-refractivity contribution in [3.8, 4) is 0 Å². The number of ether oxygens (including phenoxy) is 1. The molecular weight excluding hydrogens is 120 g/mol. The molecule has 0 aromatic rings. The van der Waals surface area contributed by atoms with Gasteiger partial charge in [-0.25, -0.2) is 4.79 Å². The topological polar surface area (TPSA) is 46.5 Å². The highest BCUT2D eigenvalue weighted by atomic mass is 16.6. The average molecular weight is 130 g/mol. The van der Waals surface area contributed by atoms with Crippen LogP contribution in [0.25, 0.3) is 0 Å². The van der Waals surface area contributed by atoms with E-state index in [1.807, 2.05) is 0 Å². The van der Waals surface area contributed by atoms with Crippen molar-refractivity contribution in [3.05, 3.63) is 0 Å². The third-order valence-electron chi connectivity index (χ3n) is 1.43.